The Morgan fingerprint density at radius 2 is 2.45 bits per heavy atom. The Morgan fingerprint density at radius 1 is 1.64 bits per heavy atom. The van der Waals surface area contributed by atoms with E-state index in [1.807, 2.05) is 0 Å². The number of aliphatic hydroxyl groups is 1. The zero-order chi connectivity index (χ0) is 8.10. The van der Waals surface area contributed by atoms with Gasteiger partial charge in [0.2, 0.25) is 0 Å². The van der Waals surface area contributed by atoms with Crippen LogP contribution in [0.5, 0.6) is 0 Å². The molecule has 1 aliphatic rings. The summed E-state index contributed by atoms with van der Waals surface area (Å²) < 4.78 is 4.97. The summed E-state index contributed by atoms with van der Waals surface area (Å²) in [5, 5.41) is 8.85. The van der Waals surface area contributed by atoms with Crippen LogP contribution in [0.3, 0.4) is 0 Å². The third-order valence-corrected chi connectivity index (χ3v) is 2.24. The molecule has 1 saturated heterocycles. The van der Waals surface area contributed by atoms with E-state index in [1.54, 1.807) is 7.11 Å². The molecular formula is C8H17NO2. The second-order valence-corrected chi connectivity index (χ2v) is 3.13. The minimum atomic E-state index is 0.337. The number of hydrogen-bond acceptors (Lipinski definition) is 3. The highest BCUT2D eigenvalue weighted by Crippen LogP contribution is 2.14. The molecule has 11 heavy (non-hydrogen) atoms. The van der Waals surface area contributed by atoms with Gasteiger partial charge in [-0.25, -0.2) is 0 Å². The third kappa shape index (κ3) is 2.77. The first kappa shape index (κ1) is 8.97. The lowest BCUT2D eigenvalue weighted by molar-refractivity contribution is 0.154. The van der Waals surface area contributed by atoms with Gasteiger partial charge in [0.15, 0.2) is 0 Å². The summed E-state index contributed by atoms with van der Waals surface area (Å²) in [5.41, 5.74) is 0. The van der Waals surface area contributed by atoms with Crippen molar-refractivity contribution in [1.82, 2.24) is 4.90 Å². The fourth-order valence-electron chi connectivity index (χ4n) is 1.49. The van der Waals surface area contributed by atoms with Crippen molar-refractivity contribution >= 4 is 0 Å². The molecule has 0 aromatic rings. The van der Waals surface area contributed by atoms with Gasteiger partial charge in [-0.1, -0.05) is 0 Å². The van der Waals surface area contributed by atoms with Crippen LogP contribution >= 0.6 is 0 Å². The molecule has 1 rings (SSSR count). The highest BCUT2D eigenvalue weighted by atomic mass is 16.5. The first-order valence-electron chi connectivity index (χ1n) is 4.19. The van der Waals surface area contributed by atoms with Crippen molar-refractivity contribution in [2.45, 2.75) is 6.42 Å². The number of hydrogen-bond donors (Lipinski definition) is 1. The van der Waals surface area contributed by atoms with Gasteiger partial charge < -0.3 is 14.7 Å². The second-order valence-electron chi connectivity index (χ2n) is 3.13. The Kier molecular flexibility index (Phi) is 3.83. The van der Waals surface area contributed by atoms with Gasteiger partial charge in [0.25, 0.3) is 0 Å². The van der Waals surface area contributed by atoms with Gasteiger partial charge in [0, 0.05) is 26.8 Å². The summed E-state index contributed by atoms with van der Waals surface area (Å²) in [6, 6.07) is 0. The normalized spacial score (nSPS) is 26.2. The predicted octanol–water partition coefficient (Wildman–Crippen LogP) is -0.0530. The highest BCUT2D eigenvalue weighted by Gasteiger charge is 2.20. The quantitative estimate of drug-likeness (QED) is 0.624. The number of aliphatic hydroxyl groups excluding tert-OH is 1. The molecule has 1 unspecified atom stereocenters. The Bertz CT molecular complexity index is 108. The summed E-state index contributed by atoms with van der Waals surface area (Å²) in [4.78, 5) is 2.34. The summed E-state index contributed by atoms with van der Waals surface area (Å²) >= 11 is 0. The number of rotatable bonds is 4. The van der Waals surface area contributed by atoms with E-state index in [2.05, 4.69) is 4.90 Å². The maximum Gasteiger partial charge on any atom is 0.0589 e. The molecule has 1 aliphatic heterocycles. The molecule has 1 heterocycles. The molecule has 0 saturated carbocycles. The SMILES string of the molecule is COCCN1CCC(CO)C1. The molecule has 1 atom stereocenters. The molecule has 3 heteroatoms. The van der Waals surface area contributed by atoms with Crippen LogP contribution in [0.2, 0.25) is 0 Å². The third-order valence-electron chi connectivity index (χ3n) is 2.24. The Balaban J connectivity index is 2.09. The summed E-state index contributed by atoms with van der Waals surface area (Å²) in [7, 11) is 1.72. The van der Waals surface area contributed by atoms with Crippen molar-refractivity contribution in [3.8, 4) is 0 Å². The first-order valence-corrected chi connectivity index (χ1v) is 4.19. The van der Waals surface area contributed by atoms with Crippen molar-refractivity contribution in [1.29, 1.82) is 0 Å². The van der Waals surface area contributed by atoms with E-state index in [0.29, 0.717) is 12.5 Å². The number of likely N-dealkylation sites (tertiary alicyclic amines) is 1. The average molecular weight is 159 g/mol. The smallest absolute Gasteiger partial charge is 0.0589 e. The van der Waals surface area contributed by atoms with Crippen LogP contribution in [-0.2, 0) is 4.74 Å². The van der Waals surface area contributed by atoms with Crippen LogP contribution in [0, 0.1) is 5.92 Å². The van der Waals surface area contributed by atoms with Gasteiger partial charge in [-0.2, -0.15) is 0 Å². The zero-order valence-electron chi connectivity index (χ0n) is 7.12. The molecule has 0 amide bonds. The molecule has 0 aromatic heterocycles. The van der Waals surface area contributed by atoms with E-state index in [1.165, 1.54) is 0 Å². The molecule has 1 fully saturated rings. The molecule has 0 spiro atoms. The van der Waals surface area contributed by atoms with E-state index in [9.17, 15) is 0 Å². The van der Waals surface area contributed by atoms with Crippen LogP contribution in [0.25, 0.3) is 0 Å². The Labute approximate surface area is 68.0 Å². The van der Waals surface area contributed by atoms with Crippen molar-refractivity contribution in [3.05, 3.63) is 0 Å². The van der Waals surface area contributed by atoms with E-state index >= 15 is 0 Å². The van der Waals surface area contributed by atoms with Crippen molar-refractivity contribution in [3.63, 3.8) is 0 Å². The minimum absolute atomic E-state index is 0.337. The van der Waals surface area contributed by atoms with Gasteiger partial charge in [-0.15, -0.1) is 0 Å². The van der Waals surface area contributed by atoms with Crippen LogP contribution < -0.4 is 0 Å². The zero-order valence-corrected chi connectivity index (χ0v) is 7.12. The second kappa shape index (κ2) is 4.70. The van der Waals surface area contributed by atoms with E-state index in [4.69, 9.17) is 9.84 Å². The lowest BCUT2D eigenvalue weighted by Crippen LogP contribution is -2.25. The van der Waals surface area contributed by atoms with Gasteiger partial charge in [0.05, 0.1) is 6.61 Å². The summed E-state index contributed by atoms with van der Waals surface area (Å²) in [6.07, 6.45) is 1.14. The summed E-state index contributed by atoms with van der Waals surface area (Å²) in [6.45, 7) is 4.31. The number of ether oxygens (including phenoxy) is 1. The first-order chi connectivity index (χ1) is 5.36. The largest absolute Gasteiger partial charge is 0.396 e. The molecule has 0 radical (unpaired) electrons. The fourth-order valence-corrected chi connectivity index (χ4v) is 1.49. The monoisotopic (exact) mass is 159 g/mol. The van der Waals surface area contributed by atoms with Gasteiger partial charge in [-0.05, 0) is 18.9 Å². The summed E-state index contributed by atoms with van der Waals surface area (Å²) in [5.74, 6) is 0.506. The standard InChI is InChI=1S/C8H17NO2/c1-11-5-4-9-3-2-8(6-9)7-10/h8,10H,2-7H2,1H3. The lowest BCUT2D eigenvalue weighted by Gasteiger charge is -2.13. The van der Waals surface area contributed by atoms with E-state index in [-0.39, 0.29) is 0 Å². The maximum atomic E-state index is 8.85. The van der Waals surface area contributed by atoms with Crippen LogP contribution in [0.1, 0.15) is 6.42 Å². The molecule has 3 nitrogen and oxygen atoms in total. The molecule has 1 N–H and O–H groups in total. The molecular weight excluding hydrogens is 142 g/mol. The van der Waals surface area contributed by atoms with Crippen molar-refractivity contribution in [2.75, 3.05) is 40.0 Å². The lowest BCUT2D eigenvalue weighted by atomic mass is 10.1. The molecule has 0 bridgehead atoms. The van der Waals surface area contributed by atoms with Gasteiger partial charge in [-0.3, -0.25) is 0 Å². The Morgan fingerprint density at radius 3 is 3.00 bits per heavy atom. The topological polar surface area (TPSA) is 32.7 Å². The highest BCUT2D eigenvalue weighted by molar-refractivity contribution is 4.74. The number of methoxy groups -OCH3 is 1. The Hall–Kier alpha value is -0.120. The number of nitrogens with zero attached hydrogens (tertiary/aromatic N) is 1. The van der Waals surface area contributed by atoms with Crippen molar-refractivity contribution in [2.24, 2.45) is 5.92 Å². The van der Waals surface area contributed by atoms with E-state index in [0.717, 1.165) is 32.7 Å². The van der Waals surface area contributed by atoms with Crippen LogP contribution in [0.15, 0.2) is 0 Å². The van der Waals surface area contributed by atoms with Crippen molar-refractivity contribution < 1.29 is 9.84 Å². The van der Waals surface area contributed by atoms with E-state index < -0.39 is 0 Å². The van der Waals surface area contributed by atoms with Crippen LogP contribution in [0.4, 0.5) is 0 Å². The predicted molar refractivity (Wildman–Crippen MR) is 43.5 cm³/mol. The molecule has 0 aromatic carbocycles. The van der Waals surface area contributed by atoms with Crippen LogP contribution in [-0.4, -0.2) is 50.0 Å². The fraction of sp³-hybridized carbons (Fsp3) is 1.00. The van der Waals surface area contributed by atoms with Gasteiger partial charge in [0.1, 0.15) is 0 Å². The molecule has 66 valence electrons. The molecule has 0 aliphatic carbocycles. The minimum Gasteiger partial charge on any atom is -0.396 e. The average Bonchev–Trinajstić information content (AvgIpc) is 2.48. The maximum absolute atomic E-state index is 8.85. The van der Waals surface area contributed by atoms with Gasteiger partial charge >= 0.3 is 0 Å².